The molecule has 0 atom stereocenters. The Morgan fingerprint density at radius 2 is 1.68 bits per heavy atom. The number of amides is 2. The molecule has 1 saturated heterocycles. The summed E-state index contributed by atoms with van der Waals surface area (Å²) >= 11 is 11.8. The minimum absolute atomic E-state index is 0.117. The Kier molecular flexibility index (Phi) is 6.41. The molecule has 1 aliphatic heterocycles. The summed E-state index contributed by atoms with van der Waals surface area (Å²) in [5.41, 5.74) is -0.532. The number of carbonyl (C=O) groups excluding carboxylic acids is 2. The maximum Gasteiger partial charge on any atom is 0.410 e. The van der Waals surface area contributed by atoms with Gasteiger partial charge in [-0.2, -0.15) is 0 Å². The molecule has 6 nitrogen and oxygen atoms in total. The summed E-state index contributed by atoms with van der Waals surface area (Å²) in [6, 6.07) is 4.83. The Balaban J connectivity index is 1.80. The summed E-state index contributed by atoms with van der Waals surface area (Å²) in [7, 11) is 0. The number of halogens is 2. The molecule has 1 aromatic carbocycles. The Bertz CT molecular complexity index is 638. The van der Waals surface area contributed by atoms with Gasteiger partial charge in [0.2, 0.25) is 0 Å². The van der Waals surface area contributed by atoms with Gasteiger partial charge < -0.3 is 19.3 Å². The highest BCUT2D eigenvalue weighted by molar-refractivity contribution is 6.35. The van der Waals surface area contributed by atoms with Gasteiger partial charge in [0.1, 0.15) is 11.4 Å². The maximum atomic E-state index is 12.3. The Morgan fingerprint density at radius 3 is 2.24 bits per heavy atom. The molecule has 0 spiro atoms. The van der Waals surface area contributed by atoms with Crippen LogP contribution in [0.2, 0.25) is 10.0 Å². The van der Waals surface area contributed by atoms with Crippen molar-refractivity contribution in [2.75, 3.05) is 32.8 Å². The molecule has 0 radical (unpaired) electrons. The molecule has 1 fully saturated rings. The van der Waals surface area contributed by atoms with Gasteiger partial charge in [0.25, 0.3) is 5.91 Å². The molecule has 2 amide bonds. The third-order valence-electron chi connectivity index (χ3n) is 3.53. The van der Waals surface area contributed by atoms with E-state index in [1.165, 1.54) is 0 Å². The highest BCUT2D eigenvalue weighted by atomic mass is 35.5. The van der Waals surface area contributed by atoms with Crippen molar-refractivity contribution in [2.24, 2.45) is 0 Å². The van der Waals surface area contributed by atoms with Crippen molar-refractivity contribution in [3.05, 3.63) is 28.2 Å². The van der Waals surface area contributed by atoms with Crippen molar-refractivity contribution in [1.82, 2.24) is 9.80 Å². The zero-order valence-corrected chi connectivity index (χ0v) is 16.1. The zero-order chi connectivity index (χ0) is 18.6. The Morgan fingerprint density at radius 1 is 1.08 bits per heavy atom. The monoisotopic (exact) mass is 388 g/mol. The third kappa shape index (κ3) is 5.97. The van der Waals surface area contributed by atoms with Gasteiger partial charge in [0.05, 0.1) is 5.02 Å². The van der Waals surface area contributed by atoms with Crippen LogP contribution in [0.3, 0.4) is 0 Å². The highest BCUT2D eigenvalue weighted by Crippen LogP contribution is 2.27. The number of piperazine rings is 1. The number of carbonyl (C=O) groups is 2. The molecule has 25 heavy (non-hydrogen) atoms. The summed E-state index contributed by atoms with van der Waals surface area (Å²) < 4.78 is 10.8. The smallest absolute Gasteiger partial charge is 0.410 e. The molecule has 0 N–H and O–H groups in total. The van der Waals surface area contributed by atoms with Crippen molar-refractivity contribution in [3.8, 4) is 5.75 Å². The van der Waals surface area contributed by atoms with Gasteiger partial charge in [-0.05, 0) is 39.0 Å². The van der Waals surface area contributed by atoms with E-state index in [-0.39, 0.29) is 18.6 Å². The first-order chi connectivity index (χ1) is 11.7. The first-order valence-corrected chi connectivity index (χ1v) is 8.75. The van der Waals surface area contributed by atoms with Crippen LogP contribution in [0, 0.1) is 0 Å². The topological polar surface area (TPSA) is 59.1 Å². The zero-order valence-electron chi connectivity index (χ0n) is 14.6. The van der Waals surface area contributed by atoms with Gasteiger partial charge in [0, 0.05) is 31.2 Å². The molecule has 1 aliphatic rings. The number of nitrogens with zero attached hydrogens (tertiary/aromatic N) is 2. The van der Waals surface area contributed by atoms with Crippen LogP contribution < -0.4 is 4.74 Å². The SMILES string of the molecule is CC(C)(C)OC(=O)N1CCN(C(=O)COc2ccc(Cl)cc2Cl)CC1. The largest absolute Gasteiger partial charge is 0.482 e. The minimum Gasteiger partial charge on any atom is -0.482 e. The predicted molar refractivity (Wildman–Crippen MR) is 96.3 cm³/mol. The number of rotatable bonds is 3. The van der Waals surface area contributed by atoms with E-state index in [0.717, 1.165) is 0 Å². The molecule has 8 heteroatoms. The van der Waals surface area contributed by atoms with Crippen molar-refractivity contribution in [1.29, 1.82) is 0 Å². The van der Waals surface area contributed by atoms with E-state index >= 15 is 0 Å². The lowest BCUT2D eigenvalue weighted by Crippen LogP contribution is -2.52. The van der Waals surface area contributed by atoms with E-state index in [2.05, 4.69) is 0 Å². The standard InChI is InChI=1S/C17H22Cl2N2O4/c1-17(2,3)25-16(23)21-8-6-20(7-9-21)15(22)11-24-14-5-4-12(18)10-13(14)19/h4-5,10H,6-9,11H2,1-3H3. The van der Waals surface area contributed by atoms with E-state index in [0.29, 0.717) is 42.0 Å². The van der Waals surface area contributed by atoms with Crippen LogP contribution >= 0.6 is 23.2 Å². The summed E-state index contributed by atoms with van der Waals surface area (Å²) in [5, 5.41) is 0.858. The van der Waals surface area contributed by atoms with Gasteiger partial charge in [0.15, 0.2) is 6.61 Å². The summed E-state index contributed by atoms with van der Waals surface area (Å²) in [6.07, 6.45) is -0.358. The Hall–Kier alpha value is -1.66. The van der Waals surface area contributed by atoms with Gasteiger partial charge in [-0.1, -0.05) is 23.2 Å². The lowest BCUT2D eigenvalue weighted by molar-refractivity contribution is -0.135. The molecule has 138 valence electrons. The number of benzene rings is 1. The van der Waals surface area contributed by atoms with Crippen molar-refractivity contribution in [3.63, 3.8) is 0 Å². The lowest BCUT2D eigenvalue weighted by atomic mass is 10.2. The van der Waals surface area contributed by atoms with Crippen LogP contribution in [0.1, 0.15) is 20.8 Å². The molecular formula is C17H22Cl2N2O4. The molecule has 0 unspecified atom stereocenters. The molecular weight excluding hydrogens is 367 g/mol. The first kappa shape index (κ1) is 19.7. The second-order valence-electron chi connectivity index (χ2n) is 6.71. The number of ether oxygens (including phenoxy) is 2. The van der Waals surface area contributed by atoms with Crippen molar-refractivity contribution >= 4 is 35.2 Å². The average Bonchev–Trinajstić information content (AvgIpc) is 2.52. The number of hydrogen-bond acceptors (Lipinski definition) is 4. The van der Waals surface area contributed by atoms with E-state index in [4.69, 9.17) is 32.7 Å². The van der Waals surface area contributed by atoms with Crippen LogP contribution in [-0.4, -0.2) is 60.2 Å². The summed E-state index contributed by atoms with van der Waals surface area (Å²) in [6.45, 7) is 7.10. The van der Waals surface area contributed by atoms with E-state index in [1.54, 1.807) is 28.0 Å². The predicted octanol–water partition coefficient (Wildman–Crippen LogP) is 3.45. The van der Waals surface area contributed by atoms with Gasteiger partial charge in [-0.25, -0.2) is 4.79 Å². The van der Waals surface area contributed by atoms with Gasteiger partial charge >= 0.3 is 6.09 Å². The highest BCUT2D eigenvalue weighted by Gasteiger charge is 2.27. The van der Waals surface area contributed by atoms with E-state index < -0.39 is 5.60 Å². The molecule has 1 heterocycles. The van der Waals surface area contributed by atoms with Gasteiger partial charge in [-0.15, -0.1) is 0 Å². The van der Waals surface area contributed by atoms with Crippen LogP contribution in [-0.2, 0) is 9.53 Å². The second-order valence-corrected chi connectivity index (χ2v) is 7.56. The molecule has 0 aromatic heterocycles. The molecule has 0 saturated carbocycles. The van der Waals surface area contributed by atoms with Crippen LogP contribution in [0.4, 0.5) is 4.79 Å². The van der Waals surface area contributed by atoms with Crippen LogP contribution in [0.15, 0.2) is 18.2 Å². The normalized spacial score (nSPS) is 15.1. The van der Waals surface area contributed by atoms with E-state index in [9.17, 15) is 9.59 Å². The van der Waals surface area contributed by atoms with Crippen molar-refractivity contribution in [2.45, 2.75) is 26.4 Å². The molecule has 0 aliphatic carbocycles. The quantitative estimate of drug-likeness (QED) is 0.795. The second kappa shape index (κ2) is 8.15. The fraction of sp³-hybridized carbons (Fsp3) is 0.529. The minimum atomic E-state index is -0.532. The molecule has 0 bridgehead atoms. The van der Waals surface area contributed by atoms with Crippen molar-refractivity contribution < 1.29 is 19.1 Å². The van der Waals surface area contributed by atoms with Crippen LogP contribution in [0.5, 0.6) is 5.75 Å². The third-order valence-corrected chi connectivity index (χ3v) is 4.06. The van der Waals surface area contributed by atoms with Crippen LogP contribution in [0.25, 0.3) is 0 Å². The van der Waals surface area contributed by atoms with Gasteiger partial charge in [-0.3, -0.25) is 4.79 Å². The summed E-state index contributed by atoms with van der Waals surface area (Å²) in [5.74, 6) is 0.252. The average molecular weight is 389 g/mol. The first-order valence-electron chi connectivity index (χ1n) is 7.99. The Labute approximate surface area is 157 Å². The fourth-order valence-corrected chi connectivity index (χ4v) is 2.75. The molecule has 1 aromatic rings. The lowest BCUT2D eigenvalue weighted by Gasteiger charge is -2.35. The van der Waals surface area contributed by atoms with E-state index in [1.807, 2.05) is 20.8 Å². The molecule has 2 rings (SSSR count). The fourth-order valence-electron chi connectivity index (χ4n) is 2.29. The maximum absolute atomic E-state index is 12.3. The summed E-state index contributed by atoms with van der Waals surface area (Å²) in [4.78, 5) is 27.5. The number of hydrogen-bond donors (Lipinski definition) is 0.